The highest BCUT2D eigenvalue weighted by Gasteiger charge is 2.31. The van der Waals surface area contributed by atoms with Crippen LogP contribution >= 0.6 is 0 Å². The summed E-state index contributed by atoms with van der Waals surface area (Å²) < 4.78 is 40.6. The Bertz CT molecular complexity index is 579. The highest BCUT2D eigenvalue weighted by atomic mass is 19.4. The zero-order valence-electron chi connectivity index (χ0n) is 10.5. The van der Waals surface area contributed by atoms with E-state index in [1.165, 1.54) is 18.2 Å². The fourth-order valence-corrected chi connectivity index (χ4v) is 2.00. The summed E-state index contributed by atoms with van der Waals surface area (Å²) in [6, 6.07) is 13.1. The van der Waals surface area contributed by atoms with Crippen molar-refractivity contribution in [2.75, 3.05) is 6.61 Å². The van der Waals surface area contributed by atoms with Gasteiger partial charge in [-0.05, 0) is 35.2 Å². The Morgan fingerprint density at radius 3 is 2.45 bits per heavy atom. The Balaban J connectivity index is 2.36. The van der Waals surface area contributed by atoms with Crippen LogP contribution in [0.3, 0.4) is 0 Å². The van der Waals surface area contributed by atoms with E-state index in [2.05, 4.69) is 4.74 Å². The number of rotatable bonds is 4. The smallest absolute Gasteiger partial charge is 0.406 e. The molecule has 0 spiro atoms. The summed E-state index contributed by atoms with van der Waals surface area (Å²) in [4.78, 5) is 0. The normalized spacial score (nSPS) is 11.4. The Labute approximate surface area is 114 Å². The number of alkyl halides is 3. The van der Waals surface area contributed by atoms with E-state index in [0.717, 1.165) is 11.1 Å². The van der Waals surface area contributed by atoms with Crippen LogP contribution in [0.2, 0.25) is 0 Å². The van der Waals surface area contributed by atoms with Gasteiger partial charge in [-0.15, -0.1) is 13.2 Å². The van der Waals surface area contributed by atoms with E-state index in [9.17, 15) is 13.2 Å². The lowest BCUT2D eigenvalue weighted by Crippen LogP contribution is -2.17. The monoisotopic (exact) mass is 282 g/mol. The molecule has 1 N–H and O–H groups in total. The molecule has 2 aromatic carbocycles. The number of ether oxygens (including phenoxy) is 1. The first-order chi connectivity index (χ1) is 9.49. The van der Waals surface area contributed by atoms with E-state index >= 15 is 0 Å². The average Bonchev–Trinajstić information content (AvgIpc) is 2.38. The van der Waals surface area contributed by atoms with Crippen LogP contribution in [0, 0.1) is 0 Å². The second-order valence-electron chi connectivity index (χ2n) is 4.21. The molecule has 0 saturated heterocycles. The molecule has 0 saturated carbocycles. The summed E-state index contributed by atoms with van der Waals surface area (Å²) in [6.45, 7) is -0.0181. The van der Waals surface area contributed by atoms with Crippen molar-refractivity contribution in [3.63, 3.8) is 0 Å². The van der Waals surface area contributed by atoms with Gasteiger partial charge < -0.3 is 9.84 Å². The molecule has 2 rings (SSSR count). The van der Waals surface area contributed by atoms with Gasteiger partial charge in [-0.1, -0.05) is 36.4 Å². The van der Waals surface area contributed by atoms with E-state index in [1.54, 1.807) is 18.2 Å². The summed E-state index contributed by atoms with van der Waals surface area (Å²) in [5.74, 6) is -0.256. The molecule has 0 bridgehead atoms. The van der Waals surface area contributed by atoms with E-state index in [4.69, 9.17) is 5.11 Å². The number of hydrogen-bond donors (Lipinski definition) is 1. The van der Waals surface area contributed by atoms with Crippen LogP contribution in [0.25, 0.3) is 11.1 Å². The number of hydrogen-bond acceptors (Lipinski definition) is 2. The Morgan fingerprint density at radius 1 is 1.00 bits per heavy atom. The standard InChI is InChI=1S/C15H13F3O2/c16-15(17,18)20-13-6-3-5-12(10-13)14-7-2-1-4-11(14)8-9-19/h1-7,10,19H,8-9H2. The molecule has 0 radical (unpaired) electrons. The quantitative estimate of drug-likeness (QED) is 0.924. The molecule has 0 atom stereocenters. The summed E-state index contributed by atoms with van der Waals surface area (Å²) in [7, 11) is 0. The fraction of sp³-hybridized carbons (Fsp3) is 0.200. The van der Waals surface area contributed by atoms with Crippen molar-refractivity contribution in [3.8, 4) is 16.9 Å². The van der Waals surface area contributed by atoms with Gasteiger partial charge in [0.15, 0.2) is 0 Å². The molecule has 20 heavy (non-hydrogen) atoms. The molecule has 0 unspecified atom stereocenters. The van der Waals surface area contributed by atoms with Gasteiger partial charge in [-0.3, -0.25) is 0 Å². The summed E-state index contributed by atoms with van der Waals surface area (Å²) >= 11 is 0. The van der Waals surface area contributed by atoms with Crippen molar-refractivity contribution in [2.45, 2.75) is 12.8 Å². The van der Waals surface area contributed by atoms with Crippen molar-refractivity contribution >= 4 is 0 Å². The number of benzene rings is 2. The molecule has 106 valence electrons. The van der Waals surface area contributed by atoms with Gasteiger partial charge in [0, 0.05) is 6.61 Å². The Kier molecular flexibility index (Phi) is 4.29. The van der Waals surface area contributed by atoms with Gasteiger partial charge in [0.1, 0.15) is 5.75 Å². The topological polar surface area (TPSA) is 29.5 Å². The second-order valence-corrected chi connectivity index (χ2v) is 4.21. The van der Waals surface area contributed by atoms with E-state index in [1.807, 2.05) is 12.1 Å². The first-order valence-electron chi connectivity index (χ1n) is 6.04. The third-order valence-electron chi connectivity index (χ3n) is 2.78. The minimum atomic E-state index is -4.71. The van der Waals surface area contributed by atoms with Crippen LogP contribution in [0.5, 0.6) is 5.75 Å². The number of aliphatic hydroxyl groups excluding tert-OH is 1. The lowest BCUT2D eigenvalue weighted by Gasteiger charge is -2.12. The maximum atomic E-state index is 12.2. The zero-order chi connectivity index (χ0) is 14.6. The Morgan fingerprint density at radius 2 is 1.75 bits per heavy atom. The van der Waals surface area contributed by atoms with Crippen LogP contribution in [0.15, 0.2) is 48.5 Å². The highest BCUT2D eigenvalue weighted by Crippen LogP contribution is 2.29. The van der Waals surface area contributed by atoms with E-state index in [0.29, 0.717) is 12.0 Å². The van der Waals surface area contributed by atoms with Gasteiger partial charge in [-0.2, -0.15) is 0 Å². The molecule has 0 aliphatic rings. The number of halogens is 3. The van der Waals surface area contributed by atoms with Gasteiger partial charge in [-0.25, -0.2) is 0 Å². The predicted molar refractivity (Wildman–Crippen MR) is 69.4 cm³/mol. The molecule has 0 heterocycles. The lowest BCUT2D eigenvalue weighted by molar-refractivity contribution is -0.274. The predicted octanol–water partition coefficient (Wildman–Crippen LogP) is 3.79. The fourth-order valence-electron chi connectivity index (χ4n) is 2.00. The summed E-state index contributed by atoms with van der Waals surface area (Å²) in [5.41, 5.74) is 2.28. The van der Waals surface area contributed by atoms with Crippen LogP contribution in [-0.4, -0.2) is 18.1 Å². The third-order valence-corrected chi connectivity index (χ3v) is 2.78. The first-order valence-corrected chi connectivity index (χ1v) is 6.04. The molecular formula is C15H13F3O2. The SMILES string of the molecule is OCCc1ccccc1-c1cccc(OC(F)(F)F)c1. The van der Waals surface area contributed by atoms with Crippen molar-refractivity contribution in [2.24, 2.45) is 0 Å². The van der Waals surface area contributed by atoms with Crippen LogP contribution in [-0.2, 0) is 6.42 Å². The molecule has 0 aromatic heterocycles. The van der Waals surface area contributed by atoms with Crippen LogP contribution in [0.1, 0.15) is 5.56 Å². The highest BCUT2D eigenvalue weighted by molar-refractivity contribution is 5.68. The molecular weight excluding hydrogens is 269 g/mol. The maximum Gasteiger partial charge on any atom is 0.573 e. The molecule has 0 amide bonds. The van der Waals surface area contributed by atoms with Crippen molar-refractivity contribution in [1.29, 1.82) is 0 Å². The molecule has 2 nitrogen and oxygen atoms in total. The average molecular weight is 282 g/mol. The minimum Gasteiger partial charge on any atom is -0.406 e. The van der Waals surface area contributed by atoms with Crippen LogP contribution < -0.4 is 4.74 Å². The van der Waals surface area contributed by atoms with Crippen LogP contribution in [0.4, 0.5) is 13.2 Å². The molecule has 2 aromatic rings. The molecule has 5 heteroatoms. The van der Waals surface area contributed by atoms with Gasteiger partial charge in [0.2, 0.25) is 0 Å². The molecule has 0 aliphatic heterocycles. The molecule has 0 aliphatic carbocycles. The third kappa shape index (κ3) is 3.74. The van der Waals surface area contributed by atoms with Crippen molar-refractivity contribution in [3.05, 3.63) is 54.1 Å². The van der Waals surface area contributed by atoms with Crippen molar-refractivity contribution in [1.82, 2.24) is 0 Å². The van der Waals surface area contributed by atoms with Gasteiger partial charge in [0.05, 0.1) is 0 Å². The first kappa shape index (κ1) is 14.4. The van der Waals surface area contributed by atoms with Gasteiger partial charge >= 0.3 is 6.36 Å². The lowest BCUT2D eigenvalue weighted by atomic mass is 9.98. The summed E-state index contributed by atoms with van der Waals surface area (Å²) in [6.07, 6.45) is -4.26. The van der Waals surface area contributed by atoms with E-state index in [-0.39, 0.29) is 12.4 Å². The molecule has 0 fully saturated rings. The van der Waals surface area contributed by atoms with E-state index < -0.39 is 6.36 Å². The van der Waals surface area contributed by atoms with Gasteiger partial charge in [0.25, 0.3) is 0 Å². The Hall–Kier alpha value is -2.01. The minimum absolute atomic E-state index is 0.0181. The maximum absolute atomic E-state index is 12.2. The zero-order valence-corrected chi connectivity index (χ0v) is 10.5. The van der Waals surface area contributed by atoms with Crippen molar-refractivity contribution < 1.29 is 23.0 Å². The largest absolute Gasteiger partial charge is 0.573 e. The second kappa shape index (κ2) is 5.96. The number of aliphatic hydroxyl groups is 1. The summed E-state index contributed by atoms with van der Waals surface area (Å²) in [5, 5.41) is 9.03.